The predicted molar refractivity (Wildman–Crippen MR) is 83.8 cm³/mol. The van der Waals surface area contributed by atoms with Crippen LogP contribution in [-0.2, 0) is 11.2 Å². The molecule has 1 aliphatic rings. The van der Waals surface area contributed by atoms with Gasteiger partial charge in [0.2, 0.25) is 5.91 Å². The molecule has 0 bridgehead atoms. The fourth-order valence-electron chi connectivity index (χ4n) is 2.56. The first-order valence-corrected chi connectivity index (χ1v) is 7.29. The summed E-state index contributed by atoms with van der Waals surface area (Å²) in [6, 6.07) is 17.1. The van der Waals surface area contributed by atoms with Crippen molar-refractivity contribution in [2.24, 2.45) is 0 Å². The lowest BCUT2D eigenvalue weighted by Gasteiger charge is -2.29. The Morgan fingerprint density at radius 2 is 1.95 bits per heavy atom. The Balaban J connectivity index is 1.66. The van der Waals surface area contributed by atoms with Gasteiger partial charge in [0.05, 0.1) is 23.9 Å². The molecule has 0 fully saturated rings. The van der Waals surface area contributed by atoms with Crippen LogP contribution in [0.2, 0.25) is 0 Å². The average Bonchev–Trinajstić information content (AvgIpc) is 2.59. The van der Waals surface area contributed by atoms with E-state index in [0.29, 0.717) is 31.6 Å². The maximum atomic E-state index is 12.5. The van der Waals surface area contributed by atoms with Gasteiger partial charge in [-0.3, -0.25) is 4.79 Å². The zero-order valence-corrected chi connectivity index (χ0v) is 12.2. The van der Waals surface area contributed by atoms with E-state index in [4.69, 9.17) is 10.00 Å². The minimum absolute atomic E-state index is 0.0973. The molecule has 0 saturated heterocycles. The van der Waals surface area contributed by atoms with Crippen LogP contribution in [0.5, 0.6) is 5.75 Å². The maximum Gasteiger partial charge on any atom is 0.227 e. The lowest BCUT2D eigenvalue weighted by atomic mass is 10.1. The molecule has 1 aliphatic heterocycles. The van der Waals surface area contributed by atoms with Crippen LogP contribution in [0, 0.1) is 11.3 Å². The molecular weight excluding hydrogens is 276 g/mol. The Hall–Kier alpha value is -2.80. The zero-order chi connectivity index (χ0) is 15.4. The number of para-hydroxylation sites is 2. The monoisotopic (exact) mass is 292 g/mol. The number of hydrogen-bond donors (Lipinski definition) is 0. The number of rotatable bonds is 3. The van der Waals surface area contributed by atoms with Gasteiger partial charge in [0.15, 0.2) is 0 Å². The third kappa shape index (κ3) is 2.94. The van der Waals surface area contributed by atoms with Crippen LogP contribution in [0.15, 0.2) is 48.5 Å². The summed E-state index contributed by atoms with van der Waals surface area (Å²) >= 11 is 0. The molecule has 22 heavy (non-hydrogen) atoms. The number of carbonyl (C=O) groups excluding carboxylic acids is 1. The Labute approximate surface area is 129 Å². The molecule has 4 heteroatoms. The van der Waals surface area contributed by atoms with Crippen LogP contribution >= 0.6 is 0 Å². The predicted octanol–water partition coefficient (Wildman–Crippen LogP) is 2.92. The molecule has 0 N–H and O–H groups in total. The maximum absolute atomic E-state index is 12.5. The summed E-state index contributed by atoms with van der Waals surface area (Å²) in [5.41, 5.74) is 2.55. The van der Waals surface area contributed by atoms with E-state index < -0.39 is 0 Å². The van der Waals surface area contributed by atoms with E-state index in [-0.39, 0.29) is 5.91 Å². The molecule has 0 radical (unpaired) electrons. The van der Waals surface area contributed by atoms with Gasteiger partial charge in [-0.05, 0) is 36.2 Å². The van der Waals surface area contributed by atoms with Crippen molar-refractivity contribution in [3.63, 3.8) is 0 Å². The lowest BCUT2D eigenvalue weighted by Crippen LogP contribution is -2.38. The Bertz CT molecular complexity index is 717. The molecule has 2 aromatic rings. The van der Waals surface area contributed by atoms with Crippen LogP contribution in [0.4, 0.5) is 5.69 Å². The third-order valence-corrected chi connectivity index (χ3v) is 3.74. The van der Waals surface area contributed by atoms with Crippen LogP contribution in [0.3, 0.4) is 0 Å². The summed E-state index contributed by atoms with van der Waals surface area (Å²) in [6.45, 7) is 1.11. The van der Waals surface area contributed by atoms with Crippen LogP contribution < -0.4 is 9.64 Å². The van der Waals surface area contributed by atoms with Crippen molar-refractivity contribution in [2.75, 3.05) is 18.1 Å². The van der Waals surface area contributed by atoms with E-state index in [2.05, 4.69) is 6.07 Å². The van der Waals surface area contributed by atoms with Crippen molar-refractivity contribution >= 4 is 11.6 Å². The van der Waals surface area contributed by atoms with E-state index in [0.717, 1.165) is 17.0 Å². The van der Waals surface area contributed by atoms with Gasteiger partial charge in [-0.25, -0.2) is 0 Å². The minimum Gasteiger partial charge on any atom is -0.490 e. The number of nitrogens with zero attached hydrogens (tertiary/aromatic N) is 2. The summed E-state index contributed by atoms with van der Waals surface area (Å²) in [7, 11) is 0. The summed E-state index contributed by atoms with van der Waals surface area (Å²) < 4.78 is 5.57. The topological polar surface area (TPSA) is 53.3 Å². The van der Waals surface area contributed by atoms with E-state index in [1.807, 2.05) is 36.4 Å². The molecule has 0 aromatic heterocycles. The largest absolute Gasteiger partial charge is 0.490 e. The first-order valence-electron chi connectivity index (χ1n) is 7.29. The quantitative estimate of drug-likeness (QED) is 0.874. The number of benzene rings is 2. The normalized spacial score (nSPS) is 13.0. The van der Waals surface area contributed by atoms with Crippen molar-refractivity contribution in [1.29, 1.82) is 5.26 Å². The molecular formula is C18H16N2O2. The summed E-state index contributed by atoms with van der Waals surface area (Å²) in [5.74, 6) is 0.862. The Morgan fingerprint density at radius 1 is 1.18 bits per heavy atom. The van der Waals surface area contributed by atoms with Crippen molar-refractivity contribution < 1.29 is 9.53 Å². The number of hydrogen-bond acceptors (Lipinski definition) is 3. The number of ether oxygens (including phenoxy) is 1. The van der Waals surface area contributed by atoms with Gasteiger partial charge in [-0.1, -0.05) is 24.3 Å². The van der Waals surface area contributed by atoms with Gasteiger partial charge in [-0.2, -0.15) is 5.26 Å². The van der Waals surface area contributed by atoms with Crippen molar-refractivity contribution in [2.45, 2.75) is 12.8 Å². The summed E-state index contributed by atoms with van der Waals surface area (Å²) in [6.07, 6.45) is 1.12. The fraction of sp³-hybridized carbons (Fsp3) is 0.222. The number of anilines is 1. The highest BCUT2D eigenvalue weighted by molar-refractivity contribution is 5.95. The van der Waals surface area contributed by atoms with E-state index >= 15 is 0 Å². The second-order valence-corrected chi connectivity index (χ2v) is 5.17. The second-order valence-electron chi connectivity index (χ2n) is 5.17. The minimum atomic E-state index is 0.0973. The Morgan fingerprint density at radius 3 is 2.73 bits per heavy atom. The molecule has 1 heterocycles. The molecule has 0 spiro atoms. The molecule has 0 unspecified atom stereocenters. The highest BCUT2D eigenvalue weighted by atomic mass is 16.5. The SMILES string of the molecule is N#Cc1ccc(CCC(=O)N2CCOc3ccccc32)cc1. The van der Waals surface area contributed by atoms with Crippen molar-refractivity contribution in [1.82, 2.24) is 0 Å². The Kier molecular flexibility index (Phi) is 4.06. The van der Waals surface area contributed by atoms with Gasteiger partial charge in [-0.15, -0.1) is 0 Å². The van der Waals surface area contributed by atoms with E-state index in [1.165, 1.54) is 0 Å². The zero-order valence-electron chi connectivity index (χ0n) is 12.2. The van der Waals surface area contributed by atoms with Crippen LogP contribution in [0.1, 0.15) is 17.5 Å². The van der Waals surface area contributed by atoms with Gasteiger partial charge in [0, 0.05) is 6.42 Å². The summed E-state index contributed by atoms with van der Waals surface area (Å²) in [5, 5.41) is 8.79. The number of carbonyl (C=O) groups is 1. The third-order valence-electron chi connectivity index (χ3n) is 3.74. The smallest absolute Gasteiger partial charge is 0.227 e. The van der Waals surface area contributed by atoms with Gasteiger partial charge in [0.25, 0.3) is 0 Å². The van der Waals surface area contributed by atoms with Crippen molar-refractivity contribution in [3.8, 4) is 11.8 Å². The average molecular weight is 292 g/mol. The molecule has 110 valence electrons. The van der Waals surface area contributed by atoms with Crippen LogP contribution in [0.25, 0.3) is 0 Å². The number of amides is 1. The van der Waals surface area contributed by atoms with Crippen LogP contribution in [-0.4, -0.2) is 19.1 Å². The molecule has 3 rings (SSSR count). The molecule has 0 aliphatic carbocycles. The highest BCUT2D eigenvalue weighted by Crippen LogP contribution is 2.31. The van der Waals surface area contributed by atoms with Gasteiger partial charge >= 0.3 is 0 Å². The molecule has 4 nitrogen and oxygen atoms in total. The standard InChI is InChI=1S/C18H16N2O2/c19-13-15-7-5-14(6-8-15)9-10-18(21)20-11-12-22-17-4-2-1-3-16(17)20/h1-8H,9-12H2. The number of nitriles is 1. The molecule has 1 amide bonds. The molecule has 0 atom stereocenters. The highest BCUT2D eigenvalue weighted by Gasteiger charge is 2.22. The molecule has 2 aromatic carbocycles. The fourth-order valence-corrected chi connectivity index (χ4v) is 2.56. The first-order chi connectivity index (χ1) is 10.8. The van der Waals surface area contributed by atoms with Gasteiger partial charge < -0.3 is 9.64 Å². The number of aryl methyl sites for hydroxylation is 1. The first kappa shape index (κ1) is 14.2. The van der Waals surface area contributed by atoms with Crippen molar-refractivity contribution in [3.05, 3.63) is 59.7 Å². The second kappa shape index (κ2) is 6.31. The lowest BCUT2D eigenvalue weighted by molar-refractivity contribution is -0.118. The summed E-state index contributed by atoms with van der Waals surface area (Å²) in [4.78, 5) is 14.3. The van der Waals surface area contributed by atoms with E-state index in [1.54, 1.807) is 17.0 Å². The van der Waals surface area contributed by atoms with E-state index in [9.17, 15) is 4.79 Å². The molecule has 0 saturated carbocycles. The number of fused-ring (bicyclic) bond motifs is 1. The van der Waals surface area contributed by atoms with Gasteiger partial charge in [0.1, 0.15) is 12.4 Å².